The Kier molecular flexibility index (Phi) is 4.73. The van der Waals surface area contributed by atoms with Gasteiger partial charge in [-0.3, -0.25) is 4.98 Å². The molecule has 0 saturated carbocycles. The zero-order valence-corrected chi connectivity index (χ0v) is 5.70. The van der Waals surface area contributed by atoms with Crippen molar-refractivity contribution in [3.63, 3.8) is 0 Å². The Bertz CT molecular complexity index is 200. The van der Waals surface area contributed by atoms with E-state index in [1.807, 2.05) is 30.0 Å². The molecule has 0 radical (unpaired) electrons. The molecule has 52 valence electrons. The Morgan fingerprint density at radius 1 is 1.40 bits per heavy atom. The molecule has 0 atom stereocenters. The third-order valence-electron chi connectivity index (χ3n) is 0.813. The summed E-state index contributed by atoms with van der Waals surface area (Å²) in [6, 6.07) is 5.86. The van der Waals surface area contributed by atoms with Gasteiger partial charge in [-0.15, -0.1) is 0 Å². The largest absolute Gasteiger partial charge is 0.262 e. The molecule has 1 aromatic rings. The predicted octanol–water partition coefficient (Wildman–Crippen LogP) is 1.51. The number of pyridine rings is 1. The van der Waals surface area contributed by atoms with Crippen LogP contribution in [0.3, 0.4) is 0 Å². The molecule has 0 amide bonds. The van der Waals surface area contributed by atoms with Gasteiger partial charge in [0.15, 0.2) is 0 Å². The quantitative estimate of drug-likeness (QED) is 0.412. The molecular formula is C6H9N4+. The van der Waals surface area contributed by atoms with Gasteiger partial charge in [0.25, 0.3) is 0 Å². The summed E-state index contributed by atoms with van der Waals surface area (Å²) in [5.74, 6) is 0. The molecule has 0 fully saturated rings. The summed E-state index contributed by atoms with van der Waals surface area (Å²) in [6.45, 7) is 1.97. The van der Waals surface area contributed by atoms with Crippen LogP contribution in [0.25, 0.3) is 0 Å². The van der Waals surface area contributed by atoms with Crippen LogP contribution in [-0.4, -0.2) is 4.98 Å². The fourth-order valence-corrected chi connectivity index (χ4v) is 0.448. The molecule has 0 saturated heterocycles. The number of rotatable bonds is 0. The van der Waals surface area contributed by atoms with Crippen LogP contribution in [0.2, 0.25) is 0 Å². The lowest BCUT2D eigenvalue weighted by Gasteiger charge is -1.82. The lowest BCUT2D eigenvalue weighted by molar-refractivity contribution is 0.928. The highest BCUT2D eigenvalue weighted by molar-refractivity contribution is 4.99. The van der Waals surface area contributed by atoms with Crippen molar-refractivity contribution in [2.75, 3.05) is 0 Å². The van der Waals surface area contributed by atoms with Crippen LogP contribution >= 0.6 is 0 Å². The van der Waals surface area contributed by atoms with E-state index in [9.17, 15) is 0 Å². The highest BCUT2D eigenvalue weighted by Gasteiger charge is 1.73. The smallest absolute Gasteiger partial charge is 0.211 e. The van der Waals surface area contributed by atoms with Gasteiger partial charge in [-0.05, 0) is 19.1 Å². The first-order chi connectivity index (χ1) is 4.81. The fraction of sp³-hybridized carbons (Fsp3) is 0.167. The van der Waals surface area contributed by atoms with Crippen LogP contribution in [0.15, 0.2) is 24.4 Å². The second kappa shape index (κ2) is 5.59. The summed E-state index contributed by atoms with van der Waals surface area (Å²) in [5.41, 5.74) is 12.1. The van der Waals surface area contributed by atoms with Crippen molar-refractivity contribution in [2.45, 2.75) is 6.92 Å². The average molecular weight is 137 g/mol. The van der Waals surface area contributed by atoms with E-state index in [1.54, 1.807) is 6.20 Å². The lowest BCUT2D eigenvalue weighted by Crippen LogP contribution is -1.72. The Morgan fingerprint density at radius 3 is 2.20 bits per heavy atom. The highest BCUT2D eigenvalue weighted by atomic mass is 15.0. The molecule has 0 unspecified atom stereocenters. The van der Waals surface area contributed by atoms with Gasteiger partial charge in [-0.25, -0.2) is 0 Å². The first-order valence-electron chi connectivity index (χ1n) is 2.72. The van der Waals surface area contributed by atoms with Gasteiger partial charge in [-0.1, -0.05) is 6.07 Å². The summed E-state index contributed by atoms with van der Waals surface area (Å²) in [4.78, 5) is 5.98. The van der Waals surface area contributed by atoms with Crippen molar-refractivity contribution in [1.82, 2.24) is 9.90 Å². The minimum atomic E-state index is 1.07. The van der Waals surface area contributed by atoms with E-state index in [0.29, 0.717) is 0 Å². The maximum Gasteiger partial charge on any atom is 0.211 e. The zero-order chi connectivity index (χ0) is 7.82. The van der Waals surface area contributed by atoms with Crippen LogP contribution in [0.5, 0.6) is 0 Å². The Hall–Kier alpha value is -1.54. The lowest BCUT2D eigenvalue weighted by atomic mass is 10.4. The van der Waals surface area contributed by atoms with Crippen LogP contribution in [0, 0.1) is 18.0 Å². The predicted molar refractivity (Wildman–Crippen MR) is 36.5 cm³/mol. The van der Waals surface area contributed by atoms with Crippen molar-refractivity contribution in [1.29, 1.82) is 11.1 Å². The van der Waals surface area contributed by atoms with E-state index < -0.39 is 0 Å². The molecule has 0 aliphatic carbocycles. The van der Waals surface area contributed by atoms with Crippen LogP contribution in [-0.2, 0) is 0 Å². The number of hydrogen-bond donors (Lipinski definition) is 2. The standard InChI is InChI=1S/C6H7N.H2N3/c1-6-4-2-3-5-7-6;1-3-2/h2-5H,1H3;1-2H/q;+1. The monoisotopic (exact) mass is 137 g/mol. The maximum absolute atomic E-state index is 5.50. The summed E-state index contributed by atoms with van der Waals surface area (Å²) >= 11 is 0. The van der Waals surface area contributed by atoms with Gasteiger partial charge in [0.2, 0.25) is 4.91 Å². The van der Waals surface area contributed by atoms with Gasteiger partial charge < -0.3 is 0 Å². The molecule has 0 bridgehead atoms. The SMILES string of the molecule is Cc1ccccn1.N=[N+]=N. The highest BCUT2D eigenvalue weighted by Crippen LogP contribution is 1.85. The van der Waals surface area contributed by atoms with Crippen LogP contribution in [0.1, 0.15) is 5.69 Å². The molecule has 0 spiro atoms. The Balaban J connectivity index is 0.000000236. The molecule has 0 aliphatic heterocycles. The van der Waals surface area contributed by atoms with Crippen molar-refractivity contribution >= 4 is 0 Å². The molecule has 4 heteroatoms. The third kappa shape index (κ3) is 4.61. The number of aromatic nitrogens is 1. The summed E-state index contributed by atoms with van der Waals surface area (Å²) < 4.78 is 0. The normalized spacial score (nSPS) is 6.90. The first kappa shape index (κ1) is 8.46. The Morgan fingerprint density at radius 2 is 2.00 bits per heavy atom. The zero-order valence-electron chi connectivity index (χ0n) is 5.70. The average Bonchev–Trinajstić information content (AvgIpc) is 1.91. The fourth-order valence-electron chi connectivity index (χ4n) is 0.448. The second-order valence-corrected chi connectivity index (χ2v) is 1.58. The maximum atomic E-state index is 5.50. The molecule has 1 rings (SSSR count). The first-order valence-corrected chi connectivity index (χ1v) is 2.72. The molecule has 1 heterocycles. The van der Waals surface area contributed by atoms with E-state index in [2.05, 4.69) is 4.98 Å². The van der Waals surface area contributed by atoms with E-state index >= 15 is 0 Å². The molecule has 0 aromatic carbocycles. The molecule has 0 aliphatic rings. The van der Waals surface area contributed by atoms with Crippen molar-refractivity contribution in [3.8, 4) is 0 Å². The molecular weight excluding hydrogens is 128 g/mol. The number of nitrogens with one attached hydrogen (secondary N) is 2. The van der Waals surface area contributed by atoms with E-state index in [1.165, 1.54) is 0 Å². The summed E-state index contributed by atoms with van der Waals surface area (Å²) in [7, 11) is 0. The summed E-state index contributed by atoms with van der Waals surface area (Å²) in [6.07, 6.45) is 1.79. The van der Waals surface area contributed by atoms with Gasteiger partial charge >= 0.3 is 0 Å². The van der Waals surface area contributed by atoms with Crippen molar-refractivity contribution in [2.24, 2.45) is 0 Å². The number of nitrogens with zero attached hydrogens (tertiary/aromatic N) is 2. The van der Waals surface area contributed by atoms with Gasteiger partial charge in [0.05, 0.1) is 0 Å². The van der Waals surface area contributed by atoms with Gasteiger partial charge in [-0.2, -0.15) is 0 Å². The topological polar surface area (TPSA) is 74.7 Å². The molecule has 2 N–H and O–H groups in total. The van der Waals surface area contributed by atoms with Gasteiger partial charge in [0, 0.05) is 11.9 Å². The Labute approximate surface area is 58.9 Å². The second-order valence-electron chi connectivity index (χ2n) is 1.58. The molecule has 4 nitrogen and oxygen atoms in total. The van der Waals surface area contributed by atoms with E-state index in [-0.39, 0.29) is 0 Å². The van der Waals surface area contributed by atoms with E-state index in [0.717, 1.165) is 5.69 Å². The van der Waals surface area contributed by atoms with Crippen LogP contribution in [0.4, 0.5) is 0 Å². The van der Waals surface area contributed by atoms with Crippen molar-refractivity contribution < 1.29 is 0 Å². The van der Waals surface area contributed by atoms with Crippen LogP contribution < -0.4 is 4.91 Å². The van der Waals surface area contributed by atoms with E-state index in [4.69, 9.17) is 11.1 Å². The van der Waals surface area contributed by atoms with Crippen molar-refractivity contribution in [3.05, 3.63) is 30.1 Å². The van der Waals surface area contributed by atoms with Gasteiger partial charge in [0.1, 0.15) is 11.1 Å². The number of hydrogen-bond acceptors (Lipinski definition) is 3. The molecule has 10 heavy (non-hydrogen) atoms. The summed E-state index contributed by atoms with van der Waals surface area (Å²) in [5, 5.41) is 0. The minimum Gasteiger partial charge on any atom is -0.262 e. The minimum absolute atomic E-state index is 1.07. The third-order valence-corrected chi connectivity index (χ3v) is 0.813. The number of aryl methyl sites for hydroxylation is 1. The molecule has 1 aromatic heterocycles.